The predicted octanol–water partition coefficient (Wildman–Crippen LogP) is 3.54. The van der Waals surface area contributed by atoms with E-state index in [9.17, 15) is 4.79 Å². The summed E-state index contributed by atoms with van der Waals surface area (Å²) in [5, 5.41) is 12.5. The van der Waals surface area contributed by atoms with E-state index in [-0.39, 0.29) is 5.91 Å². The number of morpholine rings is 1. The maximum Gasteiger partial charge on any atom is 0.230 e. The standard InChI is InChI=1S/C24H37N5O2S/c1-6-20(7-2)22(28-10-12-31-13-11-28)15-25-23(30)16-32-24-27-26-19(5)29(24)21-14-17(3)8-9-18(21)4/h8-9,14,20,22H,6-7,10-13,15-16H2,1-5H3,(H,25,30). The Morgan fingerprint density at radius 3 is 2.56 bits per heavy atom. The summed E-state index contributed by atoms with van der Waals surface area (Å²) in [5.74, 6) is 1.74. The highest BCUT2D eigenvalue weighted by molar-refractivity contribution is 7.99. The first kappa shape index (κ1) is 24.7. The maximum absolute atomic E-state index is 12.7. The lowest BCUT2D eigenvalue weighted by atomic mass is 9.92. The molecule has 0 spiro atoms. The van der Waals surface area contributed by atoms with Gasteiger partial charge in [-0.3, -0.25) is 14.3 Å². The number of aryl methyl sites for hydroxylation is 3. The molecule has 8 heteroatoms. The first-order valence-corrected chi connectivity index (χ1v) is 12.6. The first-order valence-electron chi connectivity index (χ1n) is 11.7. The summed E-state index contributed by atoms with van der Waals surface area (Å²) in [7, 11) is 0. The number of carbonyl (C=O) groups is 1. The normalized spacial score (nSPS) is 15.8. The molecule has 1 amide bonds. The third-order valence-electron chi connectivity index (χ3n) is 6.35. The molecule has 0 saturated carbocycles. The molecule has 1 aliphatic heterocycles. The molecule has 1 aromatic carbocycles. The van der Waals surface area contributed by atoms with Crippen molar-refractivity contribution < 1.29 is 9.53 Å². The zero-order valence-electron chi connectivity index (χ0n) is 20.1. The number of carbonyl (C=O) groups excluding carboxylic acids is 1. The summed E-state index contributed by atoms with van der Waals surface area (Å²) in [6.45, 7) is 14.7. The van der Waals surface area contributed by atoms with Gasteiger partial charge in [-0.2, -0.15) is 0 Å². The average Bonchev–Trinajstić information content (AvgIpc) is 3.17. The summed E-state index contributed by atoms with van der Waals surface area (Å²) in [5.41, 5.74) is 3.41. The van der Waals surface area contributed by atoms with Crippen molar-refractivity contribution in [3.05, 3.63) is 35.2 Å². The van der Waals surface area contributed by atoms with E-state index in [4.69, 9.17) is 4.74 Å². The lowest BCUT2D eigenvalue weighted by Gasteiger charge is -2.38. The van der Waals surface area contributed by atoms with Crippen molar-refractivity contribution in [1.29, 1.82) is 0 Å². The molecule has 0 aliphatic carbocycles. The van der Waals surface area contributed by atoms with E-state index < -0.39 is 0 Å². The monoisotopic (exact) mass is 459 g/mol. The topological polar surface area (TPSA) is 72.3 Å². The number of benzene rings is 1. The number of aromatic nitrogens is 3. The fraction of sp³-hybridized carbons (Fsp3) is 0.625. The van der Waals surface area contributed by atoms with E-state index in [0.29, 0.717) is 24.3 Å². The SMILES string of the molecule is CCC(CC)C(CNC(=O)CSc1nnc(C)n1-c1cc(C)ccc1C)N1CCOCC1. The number of amides is 1. The number of thioether (sulfide) groups is 1. The van der Waals surface area contributed by atoms with Gasteiger partial charge in [-0.25, -0.2) is 0 Å². The minimum Gasteiger partial charge on any atom is -0.379 e. The molecule has 2 aromatic rings. The summed E-state index contributed by atoms with van der Waals surface area (Å²) < 4.78 is 7.57. The first-order chi connectivity index (χ1) is 15.4. The molecule has 1 aromatic heterocycles. The fourth-order valence-corrected chi connectivity index (χ4v) is 5.23. The van der Waals surface area contributed by atoms with E-state index in [1.807, 2.05) is 11.5 Å². The molecule has 1 fully saturated rings. The van der Waals surface area contributed by atoms with Crippen LogP contribution in [0.5, 0.6) is 0 Å². The molecule has 2 heterocycles. The van der Waals surface area contributed by atoms with Gasteiger partial charge in [-0.1, -0.05) is 50.6 Å². The molecule has 176 valence electrons. The van der Waals surface area contributed by atoms with Gasteiger partial charge < -0.3 is 10.1 Å². The summed E-state index contributed by atoms with van der Waals surface area (Å²) in [6, 6.07) is 6.69. The third kappa shape index (κ3) is 6.11. The lowest BCUT2D eigenvalue weighted by molar-refractivity contribution is -0.119. The van der Waals surface area contributed by atoms with Crippen LogP contribution < -0.4 is 5.32 Å². The van der Waals surface area contributed by atoms with Gasteiger partial charge in [-0.05, 0) is 43.9 Å². The van der Waals surface area contributed by atoms with Crippen LogP contribution in [0.15, 0.2) is 23.4 Å². The van der Waals surface area contributed by atoms with Crippen molar-refractivity contribution in [3.63, 3.8) is 0 Å². The molecule has 7 nitrogen and oxygen atoms in total. The van der Waals surface area contributed by atoms with E-state index >= 15 is 0 Å². The largest absolute Gasteiger partial charge is 0.379 e. The van der Waals surface area contributed by atoms with Crippen LogP contribution >= 0.6 is 11.8 Å². The van der Waals surface area contributed by atoms with Crippen molar-refractivity contribution in [2.24, 2.45) is 5.92 Å². The lowest BCUT2D eigenvalue weighted by Crippen LogP contribution is -2.52. The summed E-state index contributed by atoms with van der Waals surface area (Å²) in [4.78, 5) is 15.2. The van der Waals surface area contributed by atoms with Crippen molar-refractivity contribution in [2.75, 3.05) is 38.6 Å². The van der Waals surface area contributed by atoms with Crippen LogP contribution in [0.2, 0.25) is 0 Å². The number of ether oxygens (including phenoxy) is 1. The molecular weight excluding hydrogens is 422 g/mol. The highest BCUT2D eigenvalue weighted by Crippen LogP contribution is 2.25. The maximum atomic E-state index is 12.7. The Hall–Kier alpha value is -1.90. The number of rotatable bonds is 10. The van der Waals surface area contributed by atoms with E-state index in [1.54, 1.807) is 0 Å². The minimum absolute atomic E-state index is 0.0346. The fourth-order valence-electron chi connectivity index (χ4n) is 4.41. The number of nitrogens with one attached hydrogen (secondary N) is 1. The Morgan fingerprint density at radius 2 is 1.88 bits per heavy atom. The van der Waals surface area contributed by atoms with Gasteiger partial charge in [0.1, 0.15) is 5.82 Å². The van der Waals surface area contributed by atoms with Crippen molar-refractivity contribution in [2.45, 2.75) is 58.7 Å². The van der Waals surface area contributed by atoms with Crippen LogP contribution in [0.1, 0.15) is 43.6 Å². The van der Waals surface area contributed by atoms with Crippen LogP contribution in [-0.2, 0) is 9.53 Å². The second-order valence-electron chi connectivity index (χ2n) is 8.54. The Morgan fingerprint density at radius 1 is 1.16 bits per heavy atom. The van der Waals surface area contributed by atoms with Crippen LogP contribution in [-0.4, -0.2) is 70.2 Å². The molecule has 1 unspecified atom stereocenters. The van der Waals surface area contributed by atoms with Crippen molar-refractivity contribution in [1.82, 2.24) is 25.0 Å². The molecule has 1 atom stereocenters. The van der Waals surface area contributed by atoms with Gasteiger partial charge in [0.15, 0.2) is 5.16 Å². The zero-order valence-corrected chi connectivity index (χ0v) is 20.9. The number of hydrogen-bond acceptors (Lipinski definition) is 6. The van der Waals surface area contributed by atoms with Crippen LogP contribution in [0.25, 0.3) is 5.69 Å². The third-order valence-corrected chi connectivity index (χ3v) is 7.28. The second-order valence-corrected chi connectivity index (χ2v) is 9.48. The molecule has 3 rings (SSSR count). The van der Waals surface area contributed by atoms with E-state index in [2.05, 4.69) is 66.3 Å². The molecule has 32 heavy (non-hydrogen) atoms. The quantitative estimate of drug-likeness (QED) is 0.548. The van der Waals surface area contributed by atoms with Crippen molar-refractivity contribution >= 4 is 17.7 Å². The number of hydrogen-bond donors (Lipinski definition) is 1. The van der Waals surface area contributed by atoms with Crippen LogP contribution in [0, 0.1) is 26.7 Å². The Bertz CT molecular complexity index is 891. The summed E-state index contributed by atoms with van der Waals surface area (Å²) >= 11 is 1.44. The van der Waals surface area contributed by atoms with Gasteiger partial charge in [0, 0.05) is 25.7 Å². The van der Waals surface area contributed by atoms with Crippen LogP contribution in [0.3, 0.4) is 0 Å². The van der Waals surface area contributed by atoms with Gasteiger partial charge in [0.2, 0.25) is 5.91 Å². The second kappa shape index (κ2) is 11.8. The molecule has 1 aliphatic rings. The van der Waals surface area contributed by atoms with Gasteiger partial charge in [0.05, 0.1) is 24.7 Å². The highest BCUT2D eigenvalue weighted by Gasteiger charge is 2.27. The zero-order chi connectivity index (χ0) is 23.1. The van der Waals surface area contributed by atoms with Crippen LogP contribution in [0.4, 0.5) is 0 Å². The van der Waals surface area contributed by atoms with E-state index in [0.717, 1.165) is 61.4 Å². The Labute approximate surface area is 196 Å². The van der Waals surface area contributed by atoms with Gasteiger partial charge in [-0.15, -0.1) is 10.2 Å². The molecular formula is C24H37N5O2S. The number of nitrogens with zero attached hydrogens (tertiary/aromatic N) is 4. The molecule has 0 bridgehead atoms. The van der Waals surface area contributed by atoms with Gasteiger partial charge >= 0.3 is 0 Å². The molecule has 1 saturated heterocycles. The average molecular weight is 460 g/mol. The van der Waals surface area contributed by atoms with E-state index in [1.165, 1.54) is 17.3 Å². The predicted molar refractivity (Wildman–Crippen MR) is 130 cm³/mol. The Kier molecular flexibility index (Phi) is 9.13. The smallest absolute Gasteiger partial charge is 0.230 e. The highest BCUT2D eigenvalue weighted by atomic mass is 32.2. The summed E-state index contributed by atoms with van der Waals surface area (Å²) in [6.07, 6.45) is 2.22. The van der Waals surface area contributed by atoms with Crippen molar-refractivity contribution in [3.8, 4) is 5.69 Å². The molecule has 1 N–H and O–H groups in total. The Balaban J connectivity index is 1.63. The molecule has 0 radical (unpaired) electrons. The van der Waals surface area contributed by atoms with Gasteiger partial charge in [0.25, 0.3) is 0 Å². The minimum atomic E-state index is 0.0346.